The van der Waals surface area contributed by atoms with E-state index in [1.165, 1.54) is 0 Å². The molecule has 0 saturated heterocycles. The number of hydrogen-bond donors (Lipinski definition) is 2. The Morgan fingerprint density at radius 1 is 1.60 bits per heavy atom. The molecule has 0 bridgehead atoms. The summed E-state index contributed by atoms with van der Waals surface area (Å²) in [6, 6.07) is 2.22. The van der Waals surface area contributed by atoms with Gasteiger partial charge in [0.05, 0.1) is 5.52 Å². The van der Waals surface area contributed by atoms with Crippen LogP contribution in [-0.4, -0.2) is 26.5 Å². The fourth-order valence-corrected chi connectivity index (χ4v) is 2.31. The molecular formula is C14H20N4OS. The summed E-state index contributed by atoms with van der Waals surface area (Å²) >= 11 is 5.29. The number of imidazole rings is 1. The van der Waals surface area contributed by atoms with E-state index in [0.29, 0.717) is 17.7 Å². The molecule has 0 aliphatic rings. The van der Waals surface area contributed by atoms with Crippen LogP contribution in [0.25, 0.3) is 11.2 Å². The molecule has 0 aliphatic carbocycles. The average Bonchev–Trinajstić information content (AvgIpc) is 2.70. The number of hydrogen-bond acceptors (Lipinski definition) is 3. The molecule has 108 valence electrons. The molecule has 5 nitrogen and oxygen atoms in total. The number of rotatable bonds is 5. The Kier molecular flexibility index (Phi) is 4.54. The van der Waals surface area contributed by atoms with E-state index >= 15 is 0 Å². The lowest BCUT2D eigenvalue weighted by Gasteiger charge is -2.11. The number of aryl methyl sites for hydroxylation is 2. The number of carbonyl (C=O) groups excluding carboxylic acids is 1. The molecule has 1 amide bonds. The maximum Gasteiger partial charge on any atom is 0.222 e. The van der Waals surface area contributed by atoms with Gasteiger partial charge in [0.15, 0.2) is 10.4 Å². The highest BCUT2D eigenvalue weighted by atomic mass is 32.1. The summed E-state index contributed by atoms with van der Waals surface area (Å²) in [6.07, 6.45) is 3.14. The van der Waals surface area contributed by atoms with Crippen molar-refractivity contribution in [2.45, 2.75) is 46.2 Å². The van der Waals surface area contributed by atoms with Crippen molar-refractivity contribution in [2.24, 2.45) is 0 Å². The van der Waals surface area contributed by atoms with Crippen LogP contribution in [0.1, 0.15) is 32.3 Å². The molecule has 6 heteroatoms. The van der Waals surface area contributed by atoms with Crippen LogP contribution in [0.2, 0.25) is 0 Å². The van der Waals surface area contributed by atoms with Gasteiger partial charge in [0, 0.05) is 25.2 Å². The topological polar surface area (TPSA) is 62.7 Å². The summed E-state index contributed by atoms with van der Waals surface area (Å²) in [5, 5.41) is 2.95. The second kappa shape index (κ2) is 6.17. The van der Waals surface area contributed by atoms with Gasteiger partial charge in [-0.15, -0.1) is 0 Å². The summed E-state index contributed by atoms with van der Waals surface area (Å²) in [4.78, 5) is 19.3. The van der Waals surface area contributed by atoms with Crippen molar-refractivity contribution in [3.8, 4) is 0 Å². The minimum atomic E-state index is 0.0442. The van der Waals surface area contributed by atoms with Crippen molar-refractivity contribution in [3.63, 3.8) is 0 Å². The van der Waals surface area contributed by atoms with E-state index in [4.69, 9.17) is 12.2 Å². The summed E-state index contributed by atoms with van der Waals surface area (Å²) in [7, 11) is 0. The SMILES string of the molecule is CCC(C)NC(=O)CCn1c(=S)[nH]c2cc(C)cnc21. The van der Waals surface area contributed by atoms with E-state index < -0.39 is 0 Å². The van der Waals surface area contributed by atoms with Crippen molar-refractivity contribution in [3.05, 3.63) is 22.6 Å². The number of amides is 1. The first kappa shape index (κ1) is 14.7. The van der Waals surface area contributed by atoms with Gasteiger partial charge in [0.25, 0.3) is 0 Å². The number of nitrogens with one attached hydrogen (secondary N) is 2. The number of fused-ring (bicyclic) bond motifs is 1. The minimum absolute atomic E-state index is 0.0442. The third-order valence-corrected chi connectivity index (χ3v) is 3.65. The largest absolute Gasteiger partial charge is 0.354 e. The number of aromatic amines is 1. The predicted molar refractivity (Wildman–Crippen MR) is 82.2 cm³/mol. The molecule has 0 radical (unpaired) electrons. The van der Waals surface area contributed by atoms with Crippen LogP contribution in [0, 0.1) is 11.7 Å². The van der Waals surface area contributed by atoms with Crippen molar-refractivity contribution in [2.75, 3.05) is 0 Å². The summed E-state index contributed by atoms with van der Waals surface area (Å²) < 4.78 is 2.48. The Hall–Kier alpha value is -1.69. The first-order valence-electron chi connectivity index (χ1n) is 6.85. The van der Waals surface area contributed by atoms with Crippen LogP contribution in [0.5, 0.6) is 0 Å². The Labute approximate surface area is 123 Å². The zero-order valence-corrected chi connectivity index (χ0v) is 12.9. The number of nitrogens with zero attached hydrogens (tertiary/aromatic N) is 2. The van der Waals surface area contributed by atoms with Crippen LogP contribution >= 0.6 is 12.2 Å². The molecule has 0 fully saturated rings. The van der Waals surface area contributed by atoms with E-state index in [0.717, 1.165) is 23.1 Å². The van der Waals surface area contributed by atoms with Crippen molar-refractivity contribution in [1.29, 1.82) is 0 Å². The van der Waals surface area contributed by atoms with E-state index in [-0.39, 0.29) is 11.9 Å². The van der Waals surface area contributed by atoms with E-state index in [9.17, 15) is 4.79 Å². The zero-order chi connectivity index (χ0) is 14.7. The highest BCUT2D eigenvalue weighted by molar-refractivity contribution is 7.71. The van der Waals surface area contributed by atoms with E-state index in [1.807, 2.05) is 31.4 Å². The summed E-state index contributed by atoms with van der Waals surface area (Å²) in [5.41, 5.74) is 2.80. The first-order valence-corrected chi connectivity index (χ1v) is 7.26. The highest BCUT2D eigenvalue weighted by Gasteiger charge is 2.09. The molecule has 2 aromatic rings. The zero-order valence-electron chi connectivity index (χ0n) is 12.1. The maximum atomic E-state index is 11.8. The van der Waals surface area contributed by atoms with Crippen LogP contribution in [0.4, 0.5) is 0 Å². The third-order valence-electron chi connectivity index (χ3n) is 3.33. The van der Waals surface area contributed by atoms with Gasteiger partial charge in [-0.05, 0) is 44.1 Å². The smallest absolute Gasteiger partial charge is 0.222 e. The lowest BCUT2D eigenvalue weighted by molar-refractivity contribution is -0.121. The molecule has 0 spiro atoms. The maximum absolute atomic E-state index is 11.8. The van der Waals surface area contributed by atoms with Gasteiger partial charge >= 0.3 is 0 Å². The average molecular weight is 292 g/mol. The summed E-state index contributed by atoms with van der Waals surface area (Å²) in [5.74, 6) is 0.0442. The van der Waals surface area contributed by atoms with Gasteiger partial charge in [0.2, 0.25) is 5.91 Å². The van der Waals surface area contributed by atoms with Crippen LogP contribution in [0.3, 0.4) is 0 Å². The molecule has 2 rings (SSSR count). The number of aromatic nitrogens is 3. The molecule has 2 aromatic heterocycles. The van der Waals surface area contributed by atoms with E-state index in [1.54, 1.807) is 6.20 Å². The molecule has 1 atom stereocenters. The fraction of sp³-hybridized carbons (Fsp3) is 0.500. The molecule has 2 N–H and O–H groups in total. The van der Waals surface area contributed by atoms with Gasteiger partial charge < -0.3 is 14.9 Å². The predicted octanol–water partition coefficient (Wildman–Crippen LogP) is 2.71. The van der Waals surface area contributed by atoms with Gasteiger partial charge in [-0.1, -0.05) is 6.92 Å². The second-order valence-electron chi connectivity index (χ2n) is 5.09. The van der Waals surface area contributed by atoms with Gasteiger partial charge in [0.1, 0.15) is 0 Å². The van der Waals surface area contributed by atoms with Crippen molar-refractivity contribution >= 4 is 29.3 Å². The van der Waals surface area contributed by atoms with Gasteiger partial charge in [-0.2, -0.15) is 0 Å². The van der Waals surface area contributed by atoms with E-state index in [2.05, 4.69) is 15.3 Å². The van der Waals surface area contributed by atoms with Crippen LogP contribution < -0.4 is 5.32 Å². The molecule has 0 aliphatic heterocycles. The second-order valence-corrected chi connectivity index (χ2v) is 5.48. The Balaban J connectivity index is 2.12. The Morgan fingerprint density at radius 2 is 2.35 bits per heavy atom. The van der Waals surface area contributed by atoms with Gasteiger partial charge in [-0.3, -0.25) is 4.79 Å². The molecule has 0 aromatic carbocycles. The molecule has 0 saturated carbocycles. The van der Waals surface area contributed by atoms with Crippen LogP contribution in [-0.2, 0) is 11.3 Å². The lowest BCUT2D eigenvalue weighted by atomic mass is 10.2. The normalized spacial score (nSPS) is 12.6. The Morgan fingerprint density at radius 3 is 3.05 bits per heavy atom. The lowest BCUT2D eigenvalue weighted by Crippen LogP contribution is -2.32. The number of H-pyrrole nitrogens is 1. The molecule has 2 heterocycles. The highest BCUT2D eigenvalue weighted by Crippen LogP contribution is 2.13. The molecular weight excluding hydrogens is 272 g/mol. The van der Waals surface area contributed by atoms with Crippen molar-refractivity contribution in [1.82, 2.24) is 19.9 Å². The first-order chi connectivity index (χ1) is 9.51. The minimum Gasteiger partial charge on any atom is -0.354 e. The fourth-order valence-electron chi connectivity index (χ4n) is 2.02. The molecule has 1 unspecified atom stereocenters. The van der Waals surface area contributed by atoms with Gasteiger partial charge in [-0.25, -0.2) is 4.98 Å². The number of pyridine rings is 1. The quantitative estimate of drug-likeness (QED) is 0.833. The summed E-state index contributed by atoms with van der Waals surface area (Å²) in [6.45, 7) is 6.57. The number of carbonyl (C=O) groups is 1. The Bertz CT molecular complexity index is 673. The standard InChI is InChI=1S/C14H20N4OS/c1-4-10(3)16-12(19)5-6-18-13-11(17-14(18)20)7-9(2)8-15-13/h7-8,10H,4-6H2,1-3H3,(H,16,19)(H,17,20). The third kappa shape index (κ3) is 3.25. The molecule has 20 heavy (non-hydrogen) atoms. The van der Waals surface area contributed by atoms with Crippen LogP contribution in [0.15, 0.2) is 12.3 Å². The monoisotopic (exact) mass is 292 g/mol. The van der Waals surface area contributed by atoms with Crippen molar-refractivity contribution < 1.29 is 4.79 Å².